The van der Waals surface area contributed by atoms with Gasteiger partial charge >= 0.3 is 0 Å². The number of benzene rings is 1. The molecule has 0 radical (unpaired) electrons. The lowest BCUT2D eigenvalue weighted by Crippen LogP contribution is -2.43. The molecule has 2 fully saturated rings. The Morgan fingerprint density at radius 2 is 2.00 bits per heavy atom. The number of hydrogen-bond donors (Lipinski definition) is 0. The highest BCUT2D eigenvalue weighted by Crippen LogP contribution is 2.36. The Bertz CT molecular complexity index is 846. The van der Waals surface area contributed by atoms with E-state index in [9.17, 15) is 4.79 Å². The van der Waals surface area contributed by atoms with Gasteiger partial charge in [-0.3, -0.25) is 14.7 Å². The fourth-order valence-electron chi connectivity index (χ4n) is 5.09. The first-order valence-electron chi connectivity index (χ1n) is 10.4. The molecule has 5 nitrogen and oxygen atoms in total. The van der Waals surface area contributed by atoms with Crippen molar-refractivity contribution in [3.05, 3.63) is 36.2 Å². The molecule has 1 amide bonds. The molecular formula is C22H28N4O. The van der Waals surface area contributed by atoms with Crippen LogP contribution in [0, 0.1) is 0 Å². The molecule has 1 aromatic carbocycles. The number of rotatable bonds is 4. The van der Waals surface area contributed by atoms with E-state index in [2.05, 4.69) is 37.9 Å². The van der Waals surface area contributed by atoms with E-state index in [0.717, 1.165) is 58.5 Å². The molecule has 27 heavy (non-hydrogen) atoms. The predicted molar refractivity (Wildman–Crippen MR) is 108 cm³/mol. The third-order valence-corrected chi connectivity index (χ3v) is 6.57. The van der Waals surface area contributed by atoms with Crippen LogP contribution in [0.15, 0.2) is 30.6 Å². The van der Waals surface area contributed by atoms with Crippen molar-refractivity contribution >= 4 is 22.4 Å². The Hall–Kier alpha value is -2.14. The number of nitrogens with zero attached hydrogens (tertiary/aromatic N) is 4. The van der Waals surface area contributed by atoms with Crippen LogP contribution in [0.25, 0.3) is 10.8 Å². The van der Waals surface area contributed by atoms with Crippen molar-refractivity contribution in [3.63, 3.8) is 0 Å². The Balaban J connectivity index is 1.27. The van der Waals surface area contributed by atoms with Crippen LogP contribution in [0.5, 0.6) is 0 Å². The summed E-state index contributed by atoms with van der Waals surface area (Å²) in [6.07, 6.45) is 9.31. The Morgan fingerprint density at radius 3 is 2.93 bits per heavy atom. The average Bonchev–Trinajstić information content (AvgIpc) is 3.17. The van der Waals surface area contributed by atoms with Crippen molar-refractivity contribution in [1.82, 2.24) is 14.8 Å². The minimum absolute atomic E-state index is 0.352. The first-order valence-corrected chi connectivity index (χ1v) is 10.4. The second-order valence-electron chi connectivity index (χ2n) is 8.20. The second-order valence-corrected chi connectivity index (χ2v) is 8.20. The summed E-state index contributed by atoms with van der Waals surface area (Å²) in [6.45, 7) is 6.20. The van der Waals surface area contributed by atoms with Gasteiger partial charge in [-0.25, -0.2) is 0 Å². The van der Waals surface area contributed by atoms with Gasteiger partial charge in [-0.05, 0) is 37.3 Å². The summed E-state index contributed by atoms with van der Waals surface area (Å²) in [7, 11) is 0. The van der Waals surface area contributed by atoms with Gasteiger partial charge in [0.15, 0.2) is 0 Å². The molecule has 1 unspecified atom stereocenters. The molecule has 3 aliphatic rings. The van der Waals surface area contributed by atoms with Crippen LogP contribution >= 0.6 is 0 Å². The highest BCUT2D eigenvalue weighted by atomic mass is 16.2. The highest BCUT2D eigenvalue weighted by molar-refractivity contribution is 5.97. The quantitative estimate of drug-likeness (QED) is 0.836. The second kappa shape index (κ2) is 7.12. The van der Waals surface area contributed by atoms with Gasteiger partial charge in [-0.15, -0.1) is 0 Å². The van der Waals surface area contributed by atoms with Crippen LogP contribution in [0.4, 0.5) is 5.69 Å². The van der Waals surface area contributed by atoms with Gasteiger partial charge in [0.1, 0.15) is 0 Å². The first kappa shape index (κ1) is 17.0. The van der Waals surface area contributed by atoms with Gasteiger partial charge in [0, 0.05) is 80.6 Å². The fourth-order valence-corrected chi connectivity index (χ4v) is 5.09. The number of likely N-dealkylation sites (tertiary alicyclic amines) is 2. The third kappa shape index (κ3) is 3.18. The third-order valence-electron chi connectivity index (χ3n) is 6.57. The number of hydrogen-bond acceptors (Lipinski definition) is 4. The maximum absolute atomic E-state index is 12.0. The maximum atomic E-state index is 12.0. The van der Waals surface area contributed by atoms with Crippen LogP contribution in [-0.2, 0) is 11.2 Å². The van der Waals surface area contributed by atoms with Crippen molar-refractivity contribution in [2.75, 3.05) is 44.2 Å². The summed E-state index contributed by atoms with van der Waals surface area (Å²) in [4.78, 5) is 23.7. The summed E-state index contributed by atoms with van der Waals surface area (Å²) >= 11 is 0. The van der Waals surface area contributed by atoms with Gasteiger partial charge in [0.25, 0.3) is 0 Å². The van der Waals surface area contributed by atoms with E-state index in [4.69, 9.17) is 0 Å². The van der Waals surface area contributed by atoms with Crippen LogP contribution in [0.2, 0.25) is 0 Å². The average molecular weight is 364 g/mol. The number of pyridine rings is 1. The summed E-state index contributed by atoms with van der Waals surface area (Å²) in [5.74, 6) is 0.352. The smallest absolute Gasteiger partial charge is 0.222 e. The topological polar surface area (TPSA) is 39.7 Å². The Kier molecular flexibility index (Phi) is 4.48. The van der Waals surface area contributed by atoms with Crippen LogP contribution in [-0.4, -0.2) is 66.0 Å². The lowest BCUT2D eigenvalue weighted by atomic mass is 9.97. The molecule has 2 saturated heterocycles. The highest BCUT2D eigenvalue weighted by Gasteiger charge is 2.31. The summed E-state index contributed by atoms with van der Waals surface area (Å²) < 4.78 is 0. The Labute approximate surface area is 161 Å². The monoisotopic (exact) mass is 364 g/mol. The molecule has 0 aliphatic carbocycles. The number of carbonyl (C=O) groups excluding carboxylic acids is 1. The van der Waals surface area contributed by atoms with E-state index >= 15 is 0 Å². The normalized spacial score (nSPS) is 23.4. The summed E-state index contributed by atoms with van der Waals surface area (Å²) in [5.41, 5.74) is 2.77. The molecular weight excluding hydrogens is 336 g/mol. The first-order chi connectivity index (χ1) is 13.3. The summed E-state index contributed by atoms with van der Waals surface area (Å²) in [5, 5.41) is 2.66. The van der Waals surface area contributed by atoms with Crippen molar-refractivity contribution in [3.8, 4) is 0 Å². The van der Waals surface area contributed by atoms with Gasteiger partial charge in [-0.1, -0.05) is 12.1 Å². The van der Waals surface area contributed by atoms with E-state index in [1.165, 1.54) is 34.9 Å². The van der Waals surface area contributed by atoms with Crippen LogP contribution < -0.4 is 4.90 Å². The number of aromatic nitrogens is 1. The van der Waals surface area contributed by atoms with Crippen LogP contribution in [0.1, 0.15) is 31.2 Å². The molecule has 0 N–H and O–H groups in total. The number of piperidine rings is 1. The van der Waals surface area contributed by atoms with Crippen molar-refractivity contribution in [1.29, 1.82) is 0 Å². The fraction of sp³-hybridized carbons (Fsp3) is 0.545. The molecule has 1 aromatic heterocycles. The molecule has 0 bridgehead atoms. The molecule has 5 heteroatoms. The lowest BCUT2D eigenvalue weighted by Gasteiger charge is -2.36. The molecule has 0 spiro atoms. The van der Waals surface area contributed by atoms with Gasteiger partial charge in [0.05, 0.1) is 0 Å². The van der Waals surface area contributed by atoms with E-state index in [1.54, 1.807) is 0 Å². The van der Waals surface area contributed by atoms with Crippen LogP contribution in [0.3, 0.4) is 0 Å². The minimum atomic E-state index is 0.352. The molecule has 1 atom stereocenters. The maximum Gasteiger partial charge on any atom is 0.222 e. The largest absolute Gasteiger partial charge is 0.366 e. The van der Waals surface area contributed by atoms with E-state index in [1.807, 2.05) is 12.4 Å². The number of anilines is 1. The molecule has 4 heterocycles. The number of amides is 1. The van der Waals surface area contributed by atoms with Gasteiger partial charge < -0.3 is 9.80 Å². The predicted octanol–water partition coefficient (Wildman–Crippen LogP) is 2.68. The summed E-state index contributed by atoms with van der Waals surface area (Å²) in [6, 6.07) is 7.19. The van der Waals surface area contributed by atoms with Crippen molar-refractivity contribution in [2.45, 2.75) is 38.1 Å². The van der Waals surface area contributed by atoms with Gasteiger partial charge in [-0.2, -0.15) is 0 Å². The molecule has 3 aliphatic heterocycles. The zero-order valence-corrected chi connectivity index (χ0v) is 15.9. The van der Waals surface area contributed by atoms with Gasteiger partial charge in [0.2, 0.25) is 5.91 Å². The Morgan fingerprint density at radius 1 is 1.04 bits per heavy atom. The molecule has 0 saturated carbocycles. The SMILES string of the molecule is O=C1CCCCN1CCN1CCC(N2CCc3cncc4cccc2c34)C1. The van der Waals surface area contributed by atoms with E-state index < -0.39 is 0 Å². The van der Waals surface area contributed by atoms with Crippen molar-refractivity contribution in [2.24, 2.45) is 0 Å². The molecule has 5 rings (SSSR count). The lowest BCUT2D eigenvalue weighted by molar-refractivity contribution is -0.133. The van der Waals surface area contributed by atoms with E-state index in [-0.39, 0.29) is 0 Å². The minimum Gasteiger partial charge on any atom is -0.366 e. The van der Waals surface area contributed by atoms with E-state index in [0.29, 0.717) is 11.9 Å². The number of carbonyl (C=O) groups is 1. The standard InChI is InChI=1S/C22H28N4O/c27-21-6-1-2-9-25(21)13-12-24-10-8-19(16-24)26-11-7-18-15-23-14-17-4-3-5-20(26)22(17)18/h3-5,14-15,19H,1-2,6-13,16H2. The van der Waals surface area contributed by atoms with Crippen molar-refractivity contribution < 1.29 is 4.79 Å². The molecule has 2 aromatic rings. The zero-order chi connectivity index (χ0) is 18.2. The zero-order valence-electron chi connectivity index (χ0n) is 15.9. The molecule has 142 valence electrons.